The Kier molecular flexibility index (Phi) is 3.33. The Morgan fingerprint density at radius 1 is 1.42 bits per heavy atom. The van der Waals surface area contributed by atoms with Crippen LogP contribution in [-0.4, -0.2) is 23.7 Å². The van der Waals surface area contributed by atoms with Crippen molar-refractivity contribution in [2.45, 2.75) is 52.0 Å². The molecule has 19 heavy (non-hydrogen) atoms. The number of carbonyl (C=O) groups is 1. The van der Waals surface area contributed by atoms with E-state index in [0.717, 1.165) is 12.1 Å². The van der Waals surface area contributed by atoms with Gasteiger partial charge in [0.25, 0.3) is 0 Å². The summed E-state index contributed by atoms with van der Waals surface area (Å²) in [5, 5.41) is 9.47. The van der Waals surface area contributed by atoms with Crippen molar-refractivity contribution in [3.05, 3.63) is 29.3 Å². The van der Waals surface area contributed by atoms with Crippen molar-refractivity contribution < 1.29 is 9.90 Å². The zero-order valence-corrected chi connectivity index (χ0v) is 12.4. The zero-order valence-electron chi connectivity index (χ0n) is 12.4. The Bertz CT molecular complexity index is 505. The lowest BCUT2D eigenvalue weighted by Crippen LogP contribution is -2.30. The third-order valence-corrected chi connectivity index (χ3v) is 4.19. The van der Waals surface area contributed by atoms with Gasteiger partial charge in [-0.1, -0.05) is 19.1 Å². The molecule has 1 unspecified atom stereocenters. The quantitative estimate of drug-likeness (QED) is 0.906. The summed E-state index contributed by atoms with van der Waals surface area (Å²) in [6.45, 7) is 11.1. The molecule has 0 aromatic heterocycles. The third-order valence-electron chi connectivity index (χ3n) is 4.19. The van der Waals surface area contributed by atoms with Crippen LogP contribution in [0.2, 0.25) is 0 Å². The van der Waals surface area contributed by atoms with Crippen molar-refractivity contribution >= 4 is 11.7 Å². The zero-order chi connectivity index (χ0) is 14.4. The summed E-state index contributed by atoms with van der Waals surface area (Å²) in [6.07, 6.45) is 0. The van der Waals surface area contributed by atoms with Crippen LogP contribution in [0.15, 0.2) is 18.2 Å². The molecule has 1 aliphatic rings. The molecule has 0 spiro atoms. The van der Waals surface area contributed by atoms with Crippen molar-refractivity contribution in [1.29, 1.82) is 0 Å². The SMILES string of the molecule is CC1CN(C(C)C)c2cccc(C(C)(C)C(=O)O)c21. The van der Waals surface area contributed by atoms with Crippen molar-refractivity contribution in [3.8, 4) is 0 Å². The maximum atomic E-state index is 11.5. The number of rotatable bonds is 3. The van der Waals surface area contributed by atoms with Crippen LogP contribution in [0.5, 0.6) is 0 Å². The van der Waals surface area contributed by atoms with E-state index in [1.165, 1.54) is 11.3 Å². The summed E-state index contributed by atoms with van der Waals surface area (Å²) < 4.78 is 0. The first-order chi connectivity index (χ1) is 8.76. The number of carboxylic acids is 1. The molecule has 0 aliphatic carbocycles. The van der Waals surface area contributed by atoms with E-state index in [2.05, 4.69) is 31.7 Å². The summed E-state index contributed by atoms with van der Waals surface area (Å²) in [5.74, 6) is -0.386. The molecule has 1 heterocycles. The second-order valence-corrected chi connectivity index (χ2v) is 6.32. The molecule has 2 rings (SSSR count). The molecule has 1 N–H and O–H groups in total. The lowest BCUT2D eigenvalue weighted by Gasteiger charge is -2.26. The van der Waals surface area contributed by atoms with Crippen LogP contribution in [0.4, 0.5) is 5.69 Å². The predicted molar refractivity (Wildman–Crippen MR) is 78.0 cm³/mol. The summed E-state index contributed by atoms with van der Waals surface area (Å²) in [5.41, 5.74) is 2.53. The van der Waals surface area contributed by atoms with Gasteiger partial charge in [0.2, 0.25) is 0 Å². The number of hydrogen-bond acceptors (Lipinski definition) is 2. The van der Waals surface area contributed by atoms with Crippen LogP contribution in [0.3, 0.4) is 0 Å². The number of anilines is 1. The molecule has 1 aromatic carbocycles. The molecule has 3 heteroatoms. The molecule has 0 saturated carbocycles. The fourth-order valence-electron chi connectivity index (χ4n) is 2.96. The standard InChI is InChI=1S/C16H23NO2/c1-10(2)17-9-11(3)14-12(7-6-8-13(14)17)16(4,5)15(18)19/h6-8,10-11H,9H2,1-5H3,(H,18,19). The largest absolute Gasteiger partial charge is 0.481 e. The highest BCUT2D eigenvalue weighted by Crippen LogP contribution is 2.43. The molecular formula is C16H23NO2. The number of aliphatic carboxylic acids is 1. The van der Waals surface area contributed by atoms with E-state index < -0.39 is 11.4 Å². The lowest BCUT2D eigenvalue weighted by molar-refractivity contribution is -0.142. The molecule has 0 amide bonds. The number of carboxylic acid groups (broad SMARTS) is 1. The molecular weight excluding hydrogens is 238 g/mol. The summed E-state index contributed by atoms with van der Waals surface area (Å²) in [4.78, 5) is 13.9. The number of hydrogen-bond donors (Lipinski definition) is 1. The van der Waals surface area contributed by atoms with E-state index in [1.54, 1.807) is 13.8 Å². The van der Waals surface area contributed by atoms with Gasteiger partial charge in [-0.05, 0) is 44.9 Å². The van der Waals surface area contributed by atoms with Gasteiger partial charge in [0, 0.05) is 24.2 Å². The smallest absolute Gasteiger partial charge is 0.313 e. The Labute approximate surface area is 115 Å². The highest BCUT2D eigenvalue weighted by Gasteiger charge is 2.37. The van der Waals surface area contributed by atoms with E-state index in [-0.39, 0.29) is 0 Å². The number of benzene rings is 1. The number of nitrogens with zero attached hydrogens (tertiary/aromatic N) is 1. The van der Waals surface area contributed by atoms with E-state index in [0.29, 0.717) is 12.0 Å². The molecule has 0 bridgehead atoms. The molecule has 0 fully saturated rings. The molecule has 104 valence electrons. The maximum absolute atomic E-state index is 11.5. The van der Waals surface area contributed by atoms with E-state index >= 15 is 0 Å². The van der Waals surface area contributed by atoms with Crippen molar-refractivity contribution in [3.63, 3.8) is 0 Å². The van der Waals surface area contributed by atoms with Gasteiger partial charge in [0.1, 0.15) is 0 Å². The van der Waals surface area contributed by atoms with Crippen LogP contribution in [0.25, 0.3) is 0 Å². The first-order valence-corrected chi connectivity index (χ1v) is 6.90. The van der Waals surface area contributed by atoms with Gasteiger partial charge in [-0.3, -0.25) is 4.79 Å². The van der Waals surface area contributed by atoms with Crippen molar-refractivity contribution in [2.75, 3.05) is 11.4 Å². The van der Waals surface area contributed by atoms with Gasteiger partial charge in [-0.15, -0.1) is 0 Å². The maximum Gasteiger partial charge on any atom is 0.313 e. The Morgan fingerprint density at radius 2 is 2.05 bits per heavy atom. The molecule has 1 aromatic rings. The normalized spacial score (nSPS) is 18.8. The van der Waals surface area contributed by atoms with Crippen molar-refractivity contribution in [2.24, 2.45) is 0 Å². The Balaban J connectivity index is 2.60. The monoisotopic (exact) mass is 261 g/mol. The minimum absolute atomic E-state index is 0.382. The summed E-state index contributed by atoms with van der Waals surface area (Å²) in [6, 6.07) is 6.49. The van der Waals surface area contributed by atoms with Crippen LogP contribution in [-0.2, 0) is 10.2 Å². The molecule has 3 nitrogen and oxygen atoms in total. The van der Waals surface area contributed by atoms with E-state index in [9.17, 15) is 9.90 Å². The molecule has 0 radical (unpaired) electrons. The van der Waals surface area contributed by atoms with Gasteiger partial charge >= 0.3 is 5.97 Å². The van der Waals surface area contributed by atoms with E-state index in [1.807, 2.05) is 12.1 Å². The van der Waals surface area contributed by atoms with Gasteiger partial charge in [0.05, 0.1) is 5.41 Å². The lowest BCUT2D eigenvalue weighted by atomic mass is 9.79. The second-order valence-electron chi connectivity index (χ2n) is 6.32. The fraction of sp³-hybridized carbons (Fsp3) is 0.562. The average Bonchev–Trinajstić information content (AvgIpc) is 2.67. The second kappa shape index (κ2) is 4.55. The minimum Gasteiger partial charge on any atom is -0.481 e. The van der Waals surface area contributed by atoms with Gasteiger partial charge in [-0.25, -0.2) is 0 Å². The first kappa shape index (κ1) is 13.9. The highest BCUT2D eigenvalue weighted by molar-refractivity contribution is 5.82. The summed E-state index contributed by atoms with van der Waals surface area (Å²) in [7, 11) is 0. The molecule has 1 atom stereocenters. The average molecular weight is 261 g/mol. The fourth-order valence-corrected chi connectivity index (χ4v) is 2.96. The predicted octanol–water partition coefficient (Wildman–Crippen LogP) is 3.38. The first-order valence-electron chi connectivity index (χ1n) is 6.90. The topological polar surface area (TPSA) is 40.5 Å². The highest BCUT2D eigenvalue weighted by atomic mass is 16.4. The molecule has 1 aliphatic heterocycles. The van der Waals surface area contributed by atoms with Gasteiger partial charge in [0.15, 0.2) is 0 Å². The van der Waals surface area contributed by atoms with Crippen LogP contribution < -0.4 is 4.90 Å². The van der Waals surface area contributed by atoms with Crippen molar-refractivity contribution in [1.82, 2.24) is 0 Å². The number of fused-ring (bicyclic) bond motifs is 1. The third kappa shape index (κ3) is 2.11. The Hall–Kier alpha value is -1.51. The van der Waals surface area contributed by atoms with Gasteiger partial charge < -0.3 is 10.0 Å². The van der Waals surface area contributed by atoms with Gasteiger partial charge in [-0.2, -0.15) is 0 Å². The van der Waals surface area contributed by atoms with E-state index in [4.69, 9.17) is 0 Å². The van der Waals surface area contributed by atoms with Crippen LogP contribution in [0, 0.1) is 0 Å². The van der Waals surface area contributed by atoms with Crippen LogP contribution in [0.1, 0.15) is 51.7 Å². The molecule has 0 saturated heterocycles. The van der Waals surface area contributed by atoms with Crippen LogP contribution >= 0.6 is 0 Å². The Morgan fingerprint density at radius 3 is 2.58 bits per heavy atom. The minimum atomic E-state index is -0.841. The summed E-state index contributed by atoms with van der Waals surface area (Å²) >= 11 is 0.